The van der Waals surface area contributed by atoms with Crippen molar-refractivity contribution in [3.8, 4) is 22.5 Å². The number of hydrogen-bond acceptors (Lipinski definition) is 6. The molecule has 12 heteroatoms. The monoisotopic (exact) mass is 486 g/mol. The van der Waals surface area contributed by atoms with E-state index in [9.17, 15) is 21.6 Å². The molecule has 0 amide bonds. The number of hydrogen-bond donors (Lipinski definition) is 0. The molecule has 0 aliphatic carbocycles. The summed E-state index contributed by atoms with van der Waals surface area (Å²) in [5.74, 6) is -0.0998. The lowest BCUT2D eigenvalue weighted by Gasteiger charge is -2.05. The highest BCUT2D eigenvalue weighted by Gasteiger charge is 2.34. The number of benzene rings is 1. The van der Waals surface area contributed by atoms with Gasteiger partial charge in [-0.05, 0) is 11.6 Å². The number of imidazole rings is 1. The number of rotatable bonds is 4. The number of aryl methyl sites for hydroxylation is 1. The molecular formula is C22H17F3N6O2S. The number of nitrogens with zero attached hydrogens (tertiary/aromatic N) is 6. The number of pyridine rings is 1. The van der Waals surface area contributed by atoms with Crippen LogP contribution >= 0.6 is 0 Å². The van der Waals surface area contributed by atoms with E-state index in [1.54, 1.807) is 19.4 Å². The molecule has 1 aromatic carbocycles. The molecule has 0 atom stereocenters. The topological polar surface area (TPSA) is 95.0 Å². The van der Waals surface area contributed by atoms with E-state index in [-0.39, 0.29) is 33.3 Å². The zero-order chi connectivity index (χ0) is 24.3. The molecule has 0 aliphatic heterocycles. The number of aromatic nitrogens is 6. The summed E-state index contributed by atoms with van der Waals surface area (Å²) >= 11 is 0. The highest BCUT2D eigenvalue weighted by Crippen LogP contribution is 2.35. The van der Waals surface area contributed by atoms with Crippen molar-refractivity contribution in [3.05, 3.63) is 60.7 Å². The maximum absolute atomic E-state index is 13.1. The van der Waals surface area contributed by atoms with Crippen LogP contribution in [0.3, 0.4) is 0 Å². The van der Waals surface area contributed by atoms with Crippen molar-refractivity contribution >= 4 is 26.5 Å². The van der Waals surface area contributed by atoms with Crippen molar-refractivity contribution in [1.29, 1.82) is 0 Å². The van der Waals surface area contributed by atoms with Gasteiger partial charge < -0.3 is 4.57 Å². The molecular weight excluding hydrogens is 469 g/mol. The Bertz CT molecular complexity index is 1660. The van der Waals surface area contributed by atoms with Gasteiger partial charge in [0.25, 0.3) is 0 Å². The first-order valence-corrected chi connectivity index (χ1v) is 11.8. The third kappa shape index (κ3) is 3.50. The van der Waals surface area contributed by atoms with Crippen LogP contribution in [0.15, 0.2) is 60.0 Å². The third-order valence-electron chi connectivity index (χ3n) is 5.50. The minimum absolute atomic E-state index is 0.0277. The van der Waals surface area contributed by atoms with E-state index in [1.807, 2.05) is 30.3 Å². The molecule has 0 saturated carbocycles. The average molecular weight is 486 g/mol. The van der Waals surface area contributed by atoms with Gasteiger partial charge in [-0.3, -0.25) is 0 Å². The van der Waals surface area contributed by atoms with Crippen LogP contribution in [0.4, 0.5) is 13.2 Å². The number of alkyl halides is 3. The Labute approximate surface area is 191 Å². The van der Waals surface area contributed by atoms with Crippen LogP contribution in [0.2, 0.25) is 0 Å². The van der Waals surface area contributed by atoms with Gasteiger partial charge in [-0.25, -0.2) is 27.9 Å². The summed E-state index contributed by atoms with van der Waals surface area (Å²) in [6.45, 7) is 1.49. The molecule has 174 valence electrons. The van der Waals surface area contributed by atoms with E-state index in [0.29, 0.717) is 11.1 Å². The fourth-order valence-corrected chi connectivity index (χ4v) is 4.69. The molecule has 0 aliphatic rings. The van der Waals surface area contributed by atoms with Gasteiger partial charge in [0.2, 0.25) is 0 Å². The zero-order valence-corrected chi connectivity index (χ0v) is 18.8. The van der Waals surface area contributed by atoms with E-state index in [4.69, 9.17) is 0 Å². The first-order chi connectivity index (χ1) is 16.1. The Kier molecular flexibility index (Phi) is 4.93. The Hall–Kier alpha value is -3.80. The van der Waals surface area contributed by atoms with Gasteiger partial charge in [-0.1, -0.05) is 37.3 Å². The minimum Gasteiger partial charge on any atom is -0.326 e. The molecule has 5 rings (SSSR count). The molecule has 0 saturated heterocycles. The molecule has 5 aromatic rings. The molecule has 0 N–H and O–H groups in total. The summed E-state index contributed by atoms with van der Waals surface area (Å²) in [6.07, 6.45) is -0.330. The summed E-state index contributed by atoms with van der Waals surface area (Å²) in [5.41, 5.74) is 1.16. The van der Waals surface area contributed by atoms with Crippen LogP contribution in [0, 0.1) is 0 Å². The number of fused-ring (bicyclic) bond motifs is 2. The van der Waals surface area contributed by atoms with Crippen LogP contribution in [-0.4, -0.2) is 43.3 Å². The highest BCUT2D eigenvalue weighted by atomic mass is 32.2. The predicted octanol–water partition coefficient (Wildman–Crippen LogP) is 4.16. The van der Waals surface area contributed by atoms with Gasteiger partial charge in [0.05, 0.1) is 23.0 Å². The van der Waals surface area contributed by atoms with Crippen LogP contribution in [-0.2, 0) is 23.1 Å². The quantitative estimate of drug-likeness (QED) is 0.379. The lowest BCUT2D eigenvalue weighted by Crippen LogP contribution is -2.07. The fourth-order valence-electron chi connectivity index (χ4n) is 3.71. The molecule has 34 heavy (non-hydrogen) atoms. The van der Waals surface area contributed by atoms with Crippen LogP contribution in [0.1, 0.15) is 12.6 Å². The Morgan fingerprint density at radius 1 is 1.03 bits per heavy atom. The van der Waals surface area contributed by atoms with Gasteiger partial charge >= 0.3 is 6.18 Å². The number of sulfone groups is 1. The lowest BCUT2D eigenvalue weighted by atomic mass is 10.1. The minimum atomic E-state index is -4.64. The van der Waals surface area contributed by atoms with E-state index in [1.165, 1.54) is 16.0 Å². The van der Waals surface area contributed by atoms with Crippen LogP contribution in [0.25, 0.3) is 39.2 Å². The van der Waals surface area contributed by atoms with Crippen molar-refractivity contribution in [1.82, 2.24) is 29.1 Å². The van der Waals surface area contributed by atoms with Gasteiger partial charge in [0, 0.05) is 25.0 Å². The van der Waals surface area contributed by atoms with Crippen molar-refractivity contribution in [3.63, 3.8) is 0 Å². The molecule has 0 fully saturated rings. The molecule has 0 unspecified atom stereocenters. The second kappa shape index (κ2) is 7.62. The maximum atomic E-state index is 13.1. The smallest absolute Gasteiger partial charge is 0.326 e. The summed E-state index contributed by atoms with van der Waals surface area (Å²) in [7, 11) is -2.25. The first kappa shape index (κ1) is 22.0. The van der Waals surface area contributed by atoms with Crippen LogP contribution in [0.5, 0.6) is 0 Å². The second-order valence-electron chi connectivity index (χ2n) is 7.61. The van der Waals surface area contributed by atoms with E-state index >= 15 is 0 Å². The summed E-state index contributed by atoms with van der Waals surface area (Å²) < 4.78 is 68.2. The Morgan fingerprint density at radius 2 is 1.76 bits per heavy atom. The van der Waals surface area contributed by atoms with E-state index in [0.717, 1.165) is 17.8 Å². The van der Waals surface area contributed by atoms with Gasteiger partial charge in [0.1, 0.15) is 17.1 Å². The van der Waals surface area contributed by atoms with Crippen molar-refractivity contribution in [2.45, 2.75) is 18.1 Å². The van der Waals surface area contributed by atoms with Gasteiger partial charge in [0.15, 0.2) is 20.5 Å². The third-order valence-corrected chi connectivity index (χ3v) is 7.14. The Morgan fingerprint density at radius 3 is 2.44 bits per heavy atom. The fraction of sp³-hybridized carbons (Fsp3) is 0.182. The standard InChI is InChI=1S/C22H17F3N6O2S/c1-3-34(32,33)21-18(19-27-10-14(12-31(19)29-21)13-7-5-4-6-8-13)20-28-15-9-17(22(23,24)25)26-11-16(15)30(20)2/h4-12H,3H2,1-2H3. The normalized spacial score (nSPS) is 12.6. The summed E-state index contributed by atoms with van der Waals surface area (Å²) in [6, 6.07) is 10.2. The molecule has 4 heterocycles. The Balaban J connectivity index is 1.79. The first-order valence-electron chi connectivity index (χ1n) is 10.2. The zero-order valence-electron chi connectivity index (χ0n) is 17.9. The van der Waals surface area contributed by atoms with E-state index in [2.05, 4.69) is 20.1 Å². The van der Waals surface area contributed by atoms with Crippen molar-refractivity contribution in [2.75, 3.05) is 5.75 Å². The average Bonchev–Trinajstić information content (AvgIpc) is 3.36. The molecule has 8 nitrogen and oxygen atoms in total. The molecule has 0 bridgehead atoms. The molecule has 0 radical (unpaired) electrons. The van der Waals surface area contributed by atoms with Crippen molar-refractivity contribution < 1.29 is 21.6 Å². The molecule has 0 spiro atoms. The summed E-state index contributed by atoms with van der Waals surface area (Å²) in [4.78, 5) is 12.3. The summed E-state index contributed by atoms with van der Waals surface area (Å²) in [5, 5.41) is 4.06. The van der Waals surface area contributed by atoms with Gasteiger partial charge in [-0.2, -0.15) is 18.3 Å². The maximum Gasteiger partial charge on any atom is 0.433 e. The lowest BCUT2D eigenvalue weighted by molar-refractivity contribution is -0.141. The number of halogens is 3. The SMILES string of the molecule is CCS(=O)(=O)c1nn2cc(-c3ccccc3)cnc2c1-c1nc2cc(C(F)(F)F)ncc2n1C. The van der Waals surface area contributed by atoms with E-state index < -0.39 is 21.7 Å². The van der Waals surface area contributed by atoms with Gasteiger partial charge in [-0.15, -0.1) is 0 Å². The second-order valence-corrected chi connectivity index (χ2v) is 9.80. The molecule has 4 aromatic heterocycles. The van der Waals surface area contributed by atoms with Crippen molar-refractivity contribution in [2.24, 2.45) is 7.05 Å². The predicted molar refractivity (Wildman–Crippen MR) is 119 cm³/mol. The highest BCUT2D eigenvalue weighted by molar-refractivity contribution is 7.91. The largest absolute Gasteiger partial charge is 0.433 e. The van der Waals surface area contributed by atoms with Crippen LogP contribution < -0.4 is 0 Å².